The molecule has 10 nitrogen and oxygen atoms in total. The number of azo groups is 1. The Kier molecular flexibility index (Phi) is 18.2. The molecule has 3 aromatic heterocycles. The normalized spacial score (nSPS) is 11.4. The molecular weight excluding hydrogens is 739 g/mol. The van der Waals surface area contributed by atoms with Crippen LogP contribution in [0.3, 0.4) is 0 Å². The molecule has 56 heavy (non-hydrogen) atoms. The van der Waals surface area contributed by atoms with E-state index in [0.717, 1.165) is 29.7 Å². The van der Waals surface area contributed by atoms with Crippen LogP contribution in [0.4, 0.5) is 10.8 Å². The zero-order valence-electron chi connectivity index (χ0n) is 32.8. The van der Waals surface area contributed by atoms with Gasteiger partial charge in [-0.2, -0.15) is 0 Å². The summed E-state index contributed by atoms with van der Waals surface area (Å²) in [6.07, 6.45) is 24.4. The Bertz CT molecular complexity index is 1900. The minimum atomic E-state index is -0.162. The second kappa shape index (κ2) is 24.1. The number of aromatic hydroxyl groups is 1. The first-order valence-corrected chi connectivity index (χ1v) is 22.2. The molecule has 2 aromatic carbocycles. The summed E-state index contributed by atoms with van der Waals surface area (Å²) in [5.74, 6) is -0.144. The van der Waals surface area contributed by atoms with Crippen LogP contribution in [-0.2, 0) is 4.79 Å². The molecule has 0 aliphatic rings. The third kappa shape index (κ3) is 13.8. The van der Waals surface area contributed by atoms with Gasteiger partial charge in [0.15, 0.2) is 10.8 Å². The van der Waals surface area contributed by atoms with E-state index < -0.39 is 0 Å². The molecule has 3 heterocycles. The zero-order chi connectivity index (χ0) is 39.2. The predicted molar refractivity (Wildman–Crippen MR) is 230 cm³/mol. The van der Waals surface area contributed by atoms with E-state index in [4.69, 9.17) is 4.98 Å². The molecule has 5 aromatic rings. The molecule has 0 atom stereocenters. The molecule has 12 heteroatoms. The molecule has 0 saturated carbocycles. The number of hydrogen-bond acceptors (Lipinski definition) is 9. The summed E-state index contributed by atoms with van der Waals surface area (Å²) in [7, 11) is 0. The van der Waals surface area contributed by atoms with Gasteiger partial charge in [0.2, 0.25) is 16.9 Å². The average molecular weight is 796 g/mol. The highest BCUT2D eigenvalue weighted by molar-refractivity contribution is 7.13. The number of benzene rings is 2. The van der Waals surface area contributed by atoms with Crippen LogP contribution >= 0.6 is 22.7 Å². The van der Waals surface area contributed by atoms with Crippen molar-refractivity contribution in [3.8, 4) is 33.4 Å². The van der Waals surface area contributed by atoms with E-state index in [1.807, 2.05) is 59.4 Å². The maximum atomic E-state index is 12.8. The Labute approximate surface area is 339 Å². The number of carbonyl (C=O) groups excluding carboxylic acids is 2. The molecule has 0 radical (unpaired) electrons. The topological polar surface area (TPSA) is 134 Å². The second-order valence-electron chi connectivity index (χ2n) is 14.2. The highest BCUT2D eigenvalue weighted by atomic mass is 32.1. The quantitative estimate of drug-likeness (QED) is 0.0378. The lowest BCUT2D eigenvalue weighted by atomic mass is 10.0. The smallest absolute Gasteiger partial charge is 0.251 e. The molecule has 0 unspecified atom stereocenters. The fourth-order valence-corrected chi connectivity index (χ4v) is 7.85. The van der Waals surface area contributed by atoms with Crippen molar-refractivity contribution in [2.45, 2.75) is 116 Å². The number of nitrogens with one attached hydrogen (secondary N) is 2. The maximum Gasteiger partial charge on any atom is 0.251 e. The van der Waals surface area contributed by atoms with Crippen molar-refractivity contribution < 1.29 is 14.7 Å². The first-order valence-electron chi connectivity index (χ1n) is 20.5. The van der Waals surface area contributed by atoms with Gasteiger partial charge in [0.25, 0.3) is 5.91 Å². The minimum absolute atomic E-state index is 0.0723. The molecule has 0 saturated heterocycles. The number of aromatic nitrogens is 3. The van der Waals surface area contributed by atoms with Crippen molar-refractivity contribution in [2.75, 3.05) is 13.1 Å². The first-order chi connectivity index (χ1) is 27.5. The Hall–Kier alpha value is -4.68. The van der Waals surface area contributed by atoms with Gasteiger partial charge in [-0.15, -0.1) is 32.9 Å². The van der Waals surface area contributed by atoms with Crippen LogP contribution in [-0.4, -0.2) is 44.5 Å². The zero-order valence-corrected chi connectivity index (χ0v) is 34.4. The van der Waals surface area contributed by atoms with Gasteiger partial charge in [-0.05, 0) is 30.5 Å². The van der Waals surface area contributed by atoms with Crippen LogP contribution in [0.1, 0.15) is 126 Å². The lowest BCUT2D eigenvalue weighted by Gasteiger charge is -2.08. The number of nitrogens with zero attached hydrogens (tertiary/aromatic N) is 5. The molecule has 0 fully saturated rings. The van der Waals surface area contributed by atoms with Gasteiger partial charge in [0.1, 0.15) is 0 Å². The molecule has 5 rings (SSSR count). The van der Waals surface area contributed by atoms with Gasteiger partial charge in [0.05, 0.1) is 5.69 Å². The summed E-state index contributed by atoms with van der Waals surface area (Å²) >= 11 is 2.75. The maximum absolute atomic E-state index is 12.8. The fraction of sp³-hybridized carbons (Fsp3) is 0.455. The van der Waals surface area contributed by atoms with Crippen molar-refractivity contribution in [1.29, 1.82) is 0 Å². The molecule has 298 valence electrons. The van der Waals surface area contributed by atoms with Crippen molar-refractivity contribution >= 4 is 45.3 Å². The van der Waals surface area contributed by atoms with Gasteiger partial charge < -0.3 is 15.7 Å². The van der Waals surface area contributed by atoms with Crippen LogP contribution in [0.2, 0.25) is 0 Å². The second-order valence-corrected chi connectivity index (χ2v) is 15.9. The minimum Gasteiger partial charge on any atom is -0.493 e. The molecule has 3 N–H and O–H groups in total. The van der Waals surface area contributed by atoms with Crippen LogP contribution in [0.15, 0.2) is 88.0 Å². The molecule has 0 bridgehead atoms. The van der Waals surface area contributed by atoms with Gasteiger partial charge in [0, 0.05) is 59.4 Å². The van der Waals surface area contributed by atoms with E-state index in [9.17, 15) is 14.7 Å². The van der Waals surface area contributed by atoms with Crippen molar-refractivity contribution in [3.05, 3.63) is 83.3 Å². The number of thiazole rings is 2. The van der Waals surface area contributed by atoms with Crippen LogP contribution < -0.4 is 10.6 Å². The van der Waals surface area contributed by atoms with Gasteiger partial charge in [-0.1, -0.05) is 139 Å². The van der Waals surface area contributed by atoms with E-state index in [-0.39, 0.29) is 17.7 Å². The monoisotopic (exact) mass is 795 g/mol. The summed E-state index contributed by atoms with van der Waals surface area (Å²) < 4.78 is 1.61. The summed E-state index contributed by atoms with van der Waals surface area (Å²) in [6, 6.07) is 17.0. The van der Waals surface area contributed by atoms with Crippen molar-refractivity contribution in [1.82, 2.24) is 25.2 Å². The fourth-order valence-electron chi connectivity index (χ4n) is 6.58. The highest BCUT2D eigenvalue weighted by Gasteiger charge is 2.20. The Balaban J connectivity index is 0.971. The number of unbranched alkanes of at least 4 members (excludes halogenated alkanes) is 14. The average Bonchev–Trinajstić information content (AvgIpc) is 4.00. The third-order valence-electron chi connectivity index (χ3n) is 9.80. The van der Waals surface area contributed by atoms with Crippen LogP contribution in [0, 0.1) is 0 Å². The van der Waals surface area contributed by atoms with E-state index in [0.29, 0.717) is 53.0 Å². The van der Waals surface area contributed by atoms with Gasteiger partial charge in [-0.3, -0.25) is 14.2 Å². The number of amides is 2. The van der Waals surface area contributed by atoms with Gasteiger partial charge in [-0.25, -0.2) is 9.97 Å². The SMILES string of the molecule is CCCCCCCCCCCCCCCCCC(=O)NCCCNC(=O)c1ccc(-c2csc(-n3cc(-c4ccccc4)c(N=Nc4nccs4)c3O)n2)cc1. The van der Waals surface area contributed by atoms with Crippen molar-refractivity contribution in [3.63, 3.8) is 0 Å². The summed E-state index contributed by atoms with van der Waals surface area (Å²) in [6.45, 7) is 3.29. The van der Waals surface area contributed by atoms with E-state index in [1.54, 1.807) is 22.9 Å². The molecular formula is C44H57N7O3S2. The Morgan fingerprint density at radius 2 is 1.38 bits per heavy atom. The van der Waals surface area contributed by atoms with E-state index in [2.05, 4.69) is 32.8 Å². The number of hydrogen-bond donors (Lipinski definition) is 3. The van der Waals surface area contributed by atoms with Crippen LogP contribution in [0.25, 0.3) is 27.5 Å². The lowest BCUT2D eigenvalue weighted by molar-refractivity contribution is -0.121. The number of rotatable bonds is 26. The standard InChI is InChI=1S/C44H57N7O3S2/c1-2-3-4-5-6-7-8-9-10-11-12-13-14-15-19-23-39(52)45-28-20-29-46-41(53)36-26-24-35(25-27-36)38-33-56-44(48-38)51-32-37(34-21-17-16-18-22-34)40(42(51)54)49-50-43-47-30-31-55-43/h16-18,21-22,24-27,30-33,54H,2-15,19-20,23,28-29H2,1H3,(H,45,52)(H,46,53). The molecule has 0 spiro atoms. The summed E-state index contributed by atoms with van der Waals surface area (Å²) in [4.78, 5) is 34.0. The Morgan fingerprint density at radius 1 is 0.732 bits per heavy atom. The summed E-state index contributed by atoms with van der Waals surface area (Å²) in [5, 5.41) is 30.6. The molecule has 2 amide bonds. The molecule has 0 aliphatic carbocycles. The highest BCUT2D eigenvalue weighted by Crippen LogP contribution is 2.43. The Morgan fingerprint density at radius 3 is 2.02 bits per heavy atom. The number of carbonyl (C=O) groups is 2. The van der Waals surface area contributed by atoms with E-state index in [1.165, 1.54) is 106 Å². The lowest BCUT2D eigenvalue weighted by Crippen LogP contribution is -2.29. The first kappa shape index (κ1) is 42.5. The van der Waals surface area contributed by atoms with Crippen LogP contribution in [0.5, 0.6) is 5.88 Å². The summed E-state index contributed by atoms with van der Waals surface area (Å²) in [5.41, 5.74) is 4.05. The molecule has 0 aliphatic heterocycles. The predicted octanol–water partition coefficient (Wildman–Crippen LogP) is 12.3. The van der Waals surface area contributed by atoms with Gasteiger partial charge >= 0.3 is 0 Å². The van der Waals surface area contributed by atoms with Crippen molar-refractivity contribution in [2.24, 2.45) is 10.2 Å². The van der Waals surface area contributed by atoms with E-state index >= 15 is 0 Å². The third-order valence-corrected chi connectivity index (χ3v) is 11.3. The largest absolute Gasteiger partial charge is 0.493 e.